The fraction of sp³-hybridized carbons (Fsp3) is 0.200. The molecular weight excluding hydrogens is 256 g/mol. The Hall–Kier alpha value is -2.01. The van der Waals surface area contributed by atoms with E-state index in [9.17, 15) is 5.26 Å². The van der Waals surface area contributed by atoms with Crippen molar-refractivity contribution in [2.45, 2.75) is 16.9 Å². The summed E-state index contributed by atoms with van der Waals surface area (Å²) in [6, 6.07) is 14.1. The molecule has 0 heterocycles. The van der Waals surface area contributed by atoms with Crippen LogP contribution in [0.2, 0.25) is 0 Å². The summed E-state index contributed by atoms with van der Waals surface area (Å²) in [5.74, 6) is 0. The maximum Gasteiger partial charge on any atom is 0.177 e. The third-order valence-electron chi connectivity index (χ3n) is 2.90. The molecule has 0 aliphatic heterocycles. The molecule has 1 aromatic rings. The Labute approximate surface area is 116 Å². The van der Waals surface area contributed by atoms with Crippen molar-refractivity contribution in [1.82, 2.24) is 0 Å². The highest BCUT2D eigenvalue weighted by Gasteiger charge is 2.32. The molecule has 0 saturated heterocycles. The monoisotopic (exact) mass is 268 g/mol. The molecule has 1 atom stereocenters. The minimum Gasteiger partial charge on any atom is -0.359 e. The summed E-state index contributed by atoms with van der Waals surface area (Å²) in [6.07, 6.45) is 3.72. The number of rotatable bonds is 3. The highest BCUT2D eigenvalue weighted by atomic mass is 32.2. The van der Waals surface area contributed by atoms with Crippen LogP contribution in [0, 0.1) is 22.7 Å². The number of nitrogens with zero attached hydrogens (tertiary/aromatic N) is 2. The quantitative estimate of drug-likeness (QED) is 0.842. The van der Waals surface area contributed by atoms with Crippen LogP contribution in [0.3, 0.4) is 0 Å². The lowest BCUT2D eigenvalue weighted by atomic mass is 9.93. The number of ether oxygens (including phenoxy) is 1. The summed E-state index contributed by atoms with van der Waals surface area (Å²) in [6.45, 7) is 0. The minimum absolute atomic E-state index is 0.402. The van der Waals surface area contributed by atoms with Gasteiger partial charge in [-0.25, -0.2) is 0 Å². The Kier molecular flexibility index (Phi) is 4.06. The van der Waals surface area contributed by atoms with E-state index in [0.717, 1.165) is 9.80 Å². The molecule has 1 unspecified atom stereocenters. The van der Waals surface area contributed by atoms with Gasteiger partial charge in [0.05, 0.1) is 11.6 Å². The molecule has 1 aliphatic rings. The molecule has 94 valence electrons. The molecule has 0 radical (unpaired) electrons. The fourth-order valence-corrected chi connectivity index (χ4v) is 2.88. The second-order valence-corrected chi connectivity index (χ2v) is 5.25. The van der Waals surface area contributed by atoms with Crippen LogP contribution in [0.4, 0.5) is 0 Å². The molecule has 0 saturated carbocycles. The predicted octanol–water partition coefficient (Wildman–Crippen LogP) is 3.43. The molecule has 4 heteroatoms. The molecule has 0 aromatic heterocycles. The minimum atomic E-state index is -0.961. The van der Waals surface area contributed by atoms with E-state index in [1.807, 2.05) is 30.3 Å². The van der Waals surface area contributed by atoms with E-state index in [1.54, 1.807) is 12.2 Å². The first-order chi connectivity index (χ1) is 9.23. The Morgan fingerprint density at radius 1 is 1.26 bits per heavy atom. The largest absolute Gasteiger partial charge is 0.359 e. The average Bonchev–Trinajstić information content (AvgIpc) is 2.48. The van der Waals surface area contributed by atoms with Crippen LogP contribution in [-0.4, -0.2) is 12.7 Å². The number of thioether (sulfide) groups is 1. The maximum absolute atomic E-state index is 9.24. The number of allylic oxidation sites excluding steroid dienone is 2. The molecule has 1 aliphatic carbocycles. The summed E-state index contributed by atoms with van der Waals surface area (Å²) < 4.78 is 5.28. The van der Waals surface area contributed by atoms with Crippen LogP contribution in [-0.2, 0) is 4.74 Å². The van der Waals surface area contributed by atoms with Crippen LogP contribution in [0.15, 0.2) is 57.9 Å². The van der Waals surface area contributed by atoms with Gasteiger partial charge in [-0.15, -0.1) is 0 Å². The van der Waals surface area contributed by atoms with E-state index in [0.29, 0.717) is 12.0 Å². The highest BCUT2D eigenvalue weighted by Crippen LogP contribution is 2.39. The van der Waals surface area contributed by atoms with Gasteiger partial charge in [0.15, 0.2) is 5.60 Å². The molecule has 0 fully saturated rings. The summed E-state index contributed by atoms with van der Waals surface area (Å²) in [5.41, 5.74) is -0.367. The molecule has 0 bridgehead atoms. The summed E-state index contributed by atoms with van der Waals surface area (Å²) in [4.78, 5) is 1.91. The van der Waals surface area contributed by atoms with E-state index >= 15 is 0 Å². The van der Waals surface area contributed by atoms with Crippen LogP contribution in [0.5, 0.6) is 0 Å². The van der Waals surface area contributed by atoms with E-state index < -0.39 is 5.60 Å². The van der Waals surface area contributed by atoms with Gasteiger partial charge in [-0.2, -0.15) is 10.5 Å². The Morgan fingerprint density at radius 3 is 2.58 bits per heavy atom. The Morgan fingerprint density at radius 2 is 2.00 bits per heavy atom. The second kappa shape index (κ2) is 5.75. The lowest BCUT2D eigenvalue weighted by Gasteiger charge is -2.26. The van der Waals surface area contributed by atoms with Crippen molar-refractivity contribution < 1.29 is 4.74 Å². The lowest BCUT2D eigenvalue weighted by molar-refractivity contribution is 0.0814. The van der Waals surface area contributed by atoms with Gasteiger partial charge in [0.1, 0.15) is 6.07 Å². The van der Waals surface area contributed by atoms with E-state index in [1.165, 1.54) is 18.9 Å². The van der Waals surface area contributed by atoms with Crippen molar-refractivity contribution in [2.24, 2.45) is 0 Å². The van der Waals surface area contributed by atoms with Gasteiger partial charge < -0.3 is 4.74 Å². The first kappa shape index (κ1) is 13.4. The highest BCUT2D eigenvalue weighted by molar-refractivity contribution is 8.03. The van der Waals surface area contributed by atoms with Gasteiger partial charge in [0, 0.05) is 23.3 Å². The van der Waals surface area contributed by atoms with Crippen molar-refractivity contribution in [3.05, 3.63) is 53.0 Å². The molecule has 3 nitrogen and oxygen atoms in total. The lowest BCUT2D eigenvalue weighted by Crippen LogP contribution is -2.29. The van der Waals surface area contributed by atoms with Crippen molar-refractivity contribution in [3.8, 4) is 12.1 Å². The van der Waals surface area contributed by atoms with E-state index in [4.69, 9.17) is 10.00 Å². The van der Waals surface area contributed by atoms with Gasteiger partial charge in [0.2, 0.25) is 0 Å². The number of nitriles is 2. The van der Waals surface area contributed by atoms with E-state index in [2.05, 4.69) is 12.1 Å². The zero-order valence-electron chi connectivity index (χ0n) is 10.5. The third-order valence-corrected chi connectivity index (χ3v) is 4.02. The average molecular weight is 268 g/mol. The van der Waals surface area contributed by atoms with Crippen LogP contribution >= 0.6 is 11.8 Å². The Bertz CT molecular complexity index is 607. The molecular formula is C15H12N2OS. The topological polar surface area (TPSA) is 56.8 Å². The van der Waals surface area contributed by atoms with Crippen molar-refractivity contribution >= 4 is 11.8 Å². The Balaban J connectivity index is 2.31. The maximum atomic E-state index is 9.24. The second-order valence-electron chi connectivity index (χ2n) is 4.08. The SMILES string of the molecule is COC1(C#N)C=CC(C#N)=C(Sc2ccccc2)C1. The number of hydrogen-bond acceptors (Lipinski definition) is 4. The smallest absolute Gasteiger partial charge is 0.177 e. The van der Waals surface area contributed by atoms with Crippen molar-refractivity contribution in [1.29, 1.82) is 10.5 Å². The molecule has 2 rings (SSSR count). The van der Waals surface area contributed by atoms with Gasteiger partial charge in [-0.1, -0.05) is 30.0 Å². The first-order valence-electron chi connectivity index (χ1n) is 5.75. The van der Waals surface area contributed by atoms with Gasteiger partial charge in [0.25, 0.3) is 0 Å². The summed E-state index contributed by atoms with van der Waals surface area (Å²) in [5, 5.41) is 18.4. The van der Waals surface area contributed by atoms with Gasteiger partial charge in [-0.3, -0.25) is 0 Å². The standard InChI is InChI=1S/C15H12N2OS/c1-18-15(11-17)8-7-12(10-16)14(9-15)19-13-5-3-2-4-6-13/h2-8H,9H2,1H3. The summed E-state index contributed by atoms with van der Waals surface area (Å²) >= 11 is 1.51. The zero-order valence-corrected chi connectivity index (χ0v) is 11.3. The number of methoxy groups -OCH3 is 1. The van der Waals surface area contributed by atoms with E-state index in [-0.39, 0.29) is 0 Å². The molecule has 0 spiro atoms. The zero-order chi connectivity index (χ0) is 13.7. The third kappa shape index (κ3) is 2.88. The van der Waals surface area contributed by atoms with Crippen LogP contribution < -0.4 is 0 Å². The van der Waals surface area contributed by atoms with Crippen LogP contribution in [0.1, 0.15) is 6.42 Å². The van der Waals surface area contributed by atoms with Gasteiger partial charge in [-0.05, 0) is 24.3 Å². The normalized spacial score (nSPS) is 21.8. The molecule has 0 amide bonds. The predicted molar refractivity (Wildman–Crippen MR) is 74.0 cm³/mol. The molecule has 1 aromatic carbocycles. The van der Waals surface area contributed by atoms with Gasteiger partial charge >= 0.3 is 0 Å². The van der Waals surface area contributed by atoms with Crippen molar-refractivity contribution in [2.75, 3.05) is 7.11 Å². The fourth-order valence-electron chi connectivity index (χ4n) is 1.79. The van der Waals surface area contributed by atoms with Crippen LogP contribution in [0.25, 0.3) is 0 Å². The molecule has 19 heavy (non-hydrogen) atoms. The number of benzene rings is 1. The van der Waals surface area contributed by atoms with Crippen molar-refractivity contribution in [3.63, 3.8) is 0 Å². The first-order valence-corrected chi connectivity index (χ1v) is 6.56. The summed E-state index contributed by atoms with van der Waals surface area (Å²) in [7, 11) is 1.51. The number of hydrogen-bond donors (Lipinski definition) is 0. The molecule has 0 N–H and O–H groups in total.